The third-order valence-corrected chi connectivity index (χ3v) is 6.67. The van der Waals surface area contributed by atoms with Gasteiger partial charge in [0.2, 0.25) is 0 Å². The van der Waals surface area contributed by atoms with Gasteiger partial charge in [-0.05, 0) is 49.2 Å². The Kier molecular flexibility index (Phi) is 10.2. The summed E-state index contributed by atoms with van der Waals surface area (Å²) in [6.45, 7) is 3.65. The molecule has 2 aromatic carbocycles. The maximum absolute atomic E-state index is 13.6. The molecule has 11 heteroatoms. The number of alkyl halides is 3. The van der Waals surface area contributed by atoms with Gasteiger partial charge in [0.05, 0.1) is 35.8 Å². The quantitative estimate of drug-likeness (QED) is 0.259. The first kappa shape index (κ1) is 30.2. The Morgan fingerprint density at radius 1 is 1.00 bits per heavy atom. The normalized spacial score (nSPS) is 16.0. The fourth-order valence-electron chi connectivity index (χ4n) is 4.24. The number of esters is 2. The lowest BCUT2D eigenvalue weighted by molar-refractivity contribution is -0.141. The molecule has 0 fully saturated rings. The number of hydrogen-bond donors (Lipinski definition) is 1. The number of ether oxygens (including phenoxy) is 3. The van der Waals surface area contributed by atoms with Crippen molar-refractivity contribution in [3.63, 3.8) is 0 Å². The number of halogens is 4. The van der Waals surface area contributed by atoms with Crippen molar-refractivity contribution in [1.29, 1.82) is 0 Å². The molecule has 0 spiro atoms. The first-order valence-electron chi connectivity index (χ1n) is 12.3. The Labute approximate surface area is 233 Å². The predicted molar refractivity (Wildman–Crippen MR) is 143 cm³/mol. The zero-order chi connectivity index (χ0) is 28.7. The Hall–Kier alpha value is -3.31. The molecule has 0 aromatic heterocycles. The number of unbranched alkanes of at least 4 members (excludes halogenated alkanes) is 1. The van der Waals surface area contributed by atoms with Crippen LogP contribution in [0.2, 0.25) is 0 Å². The molecule has 1 aliphatic heterocycles. The van der Waals surface area contributed by atoms with E-state index >= 15 is 0 Å². The van der Waals surface area contributed by atoms with Crippen molar-refractivity contribution in [2.24, 2.45) is 5.73 Å². The van der Waals surface area contributed by atoms with E-state index < -0.39 is 29.6 Å². The SMILES string of the molecule is CCCCOC(=O)C1=C(N)N(c2cccc(C(F)(F)F)c2)C(C)=C(C(=O)OCCOC)C1c1ccc(Br)cc1. The van der Waals surface area contributed by atoms with Crippen molar-refractivity contribution in [2.75, 3.05) is 31.8 Å². The van der Waals surface area contributed by atoms with Crippen LogP contribution in [0.1, 0.15) is 43.7 Å². The maximum atomic E-state index is 13.6. The lowest BCUT2D eigenvalue weighted by atomic mass is 9.80. The van der Waals surface area contributed by atoms with Crippen molar-refractivity contribution in [3.05, 3.63) is 86.8 Å². The molecule has 0 bridgehead atoms. The van der Waals surface area contributed by atoms with E-state index in [9.17, 15) is 22.8 Å². The zero-order valence-electron chi connectivity index (χ0n) is 21.8. The fourth-order valence-corrected chi connectivity index (χ4v) is 4.50. The number of rotatable bonds is 10. The molecule has 0 aliphatic carbocycles. The van der Waals surface area contributed by atoms with E-state index in [-0.39, 0.29) is 48.2 Å². The summed E-state index contributed by atoms with van der Waals surface area (Å²) in [6, 6.07) is 11.4. The average Bonchev–Trinajstić information content (AvgIpc) is 2.88. The topological polar surface area (TPSA) is 91.1 Å². The largest absolute Gasteiger partial charge is 0.462 e. The number of allylic oxidation sites excluding steroid dienone is 1. The highest BCUT2D eigenvalue weighted by molar-refractivity contribution is 9.10. The van der Waals surface area contributed by atoms with Crippen molar-refractivity contribution in [3.8, 4) is 0 Å². The van der Waals surface area contributed by atoms with Crippen LogP contribution in [0.3, 0.4) is 0 Å². The number of nitrogens with two attached hydrogens (primary N) is 1. The smallest absolute Gasteiger partial charge is 0.416 e. The second kappa shape index (κ2) is 13.2. The summed E-state index contributed by atoms with van der Waals surface area (Å²) in [6.07, 6.45) is -3.25. The number of carbonyl (C=O) groups excluding carboxylic acids is 2. The van der Waals surface area contributed by atoms with E-state index in [4.69, 9.17) is 19.9 Å². The molecule has 1 aliphatic rings. The van der Waals surface area contributed by atoms with Crippen LogP contribution in [-0.2, 0) is 30.0 Å². The summed E-state index contributed by atoms with van der Waals surface area (Å²) >= 11 is 3.38. The van der Waals surface area contributed by atoms with E-state index in [2.05, 4.69) is 15.9 Å². The lowest BCUT2D eigenvalue weighted by Crippen LogP contribution is -2.39. The number of anilines is 1. The molecule has 39 heavy (non-hydrogen) atoms. The summed E-state index contributed by atoms with van der Waals surface area (Å²) in [5.41, 5.74) is 6.40. The van der Waals surface area contributed by atoms with E-state index in [0.29, 0.717) is 12.0 Å². The molecule has 0 amide bonds. The molecule has 1 unspecified atom stereocenters. The lowest BCUT2D eigenvalue weighted by Gasteiger charge is -2.37. The third kappa shape index (κ3) is 7.02. The second-order valence-corrected chi connectivity index (χ2v) is 9.70. The van der Waals surface area contributed by atoms with Crippen molar-refractivity contribution in [2.45, 2.75) is 38.8 Å². The van der Waals surface area contributed by atoms with Gasteiger partial charge in [-0.1, -0.05) is 47.5 Å². The standard InChI is InChI=1S/C28H30BrF3N2O5/c1-4-5-13-38-27(36)24-23(18-9-11-20(29)12-10-18)22(26(35)39-15-14-37-3)17(2)34(25(24)33)21-8-6-7-19(16-21)28(30,31)32/h6-12,16,23H,4-5,13-15,33H2,1-3H3. The molecule has 2 N–H and O–H groups in total. The highest BCUT2D eigenvalue weighted by Gasteiger charge is 2.42. The predicted octanol–water partition coefficient (Wildman–Crippen LogP) is 6.05. The van der Waals surface area contributed by atoms with Gasteiger partial charge in [-0.2, -0.15) is 13.2 Å². The van der Waals surface area contributed by atoms with Crippen LogP contribution in [0, 0.1) is 0 Å². The number of nitrogens with zero attached hydrogens (tertiary/aromatic N) is 1. The highest BCUT2D eigenvalue weighted by Crippen LogP contribution is 2.44. The van der Waals surface area contributed by atoms with Crippen LogP contribution in [0.15, 0.2) is 75.7 Å². The molecule has 2 aromatic rings. The van der Waals surface area contributed by atoms with E-state index in [1.54, 1.807) is 31.2 Å². The molecule has 210 valence electrons. The minimum absolute atomic E-state index is 0.0233. The first-order valence-corrected chi connectivity index (χ1v) is 13.1. The molecule has 0 saturated heterocycles. The molecular weight excluding hydrogens is 581 g/mol. The summed E-state index contributed by atoms with van der Waals surface area (Å²) < 4.78 is 57.4. The number of benzene rings is 2. The van der Waals surface area contributed by atoms with E-state index in [1.807, 2.05) is 6.92 Å². The third-order valence-electron chi connectivity index (χ3n) is 6.15. The minimum Gasteiger partial charge on any atom is -0.462 e. The molecule has 1 atom stereocenters. The fraction of sp³-hybridized carbons (Fsp3) is 0.357. The second-order valence-electron chi connectivity index (χ2n) is 8.78. The van der Waals surface area contributed by atoms with Gasteiger partial charge in [-0.3, -0.25) is 0 Å². The van der Waals surface area contributed by atoms with Gasteiger partial charge in [0, 0.05) is 23.0 Å². The number of hydrogen-bond acceptors (Lipinski definition) is 7. The van der Waals surface area contributed by atoms with E-state index in [1.165, 1.54) is 24.1 Å². The molecule has 7 nitrogen and oxygen atoms in total. The Morgan fingerprint density at radius 2 is 1.64 bits per heavy atom. The van der Waals surface area contributed by atoms with Gasteiger partial charge in [0.1, 0.15) is 12.4 Å². The van der Waals surface area contributed by atoms with Crippen LogP contribution < -0.4 is 10.6 Å². The van der Waals surface area contributed by atoms with Crippen molar-refractivity contribution in [1.82, 2.24) is 0 Å². The molecule has 1 heterocycles. The van der Waals surface area contributed by atoms with Crippen molar-refractivity contribution < 1.29 is 37.0 Å². The summed E-state index contributed by atoms with van der Waals surface area (Å²) in [5.74, 6) is -2.68. The summed E-state index contributed by atoms with van der Waals surface area (Å²) in [7, 11) is 1.45. The molecular formula is C28H30BrF3N2O5. The summed E-state index contributed by atoms with van der Waals surface area (Å²) in [5, 5.41) is 0. The molecule has 0 saturated carbocycles. The zero-order valence-corrected chi connectivity index (χ0v) is 23.4. The van der Waals surface area contributed by atoms with Crippen LogP contribution >= 0.6 is 15.9 Å². The molecule has 3 rings (SSSR count). The van der Waals surface area contributed by atoms with Crippen LogP contribution in [0.25, 0.3) is 0 Å². The Morgan fingerprint density at radius 3 is 2.26 bits per heavy atom. The van der Waals surface area contributed by atoms with E-state index in [0.717, 1.165) is 23.0 Å². The van der Waals surface area contributed by atoms with Gasteiger partial charge in [0.15, 0.2) is 0 Å². The van der Waals surface area contributed by atoms with Crippen LogP contribution in [0.4, 0.5) is 18.9 Å². The summed E-state index contributed by atoms with van der Waals surface area (Å²) in [4.78, 5) is 28.3. The van der Waals surface area contributed by atoms with Gasteiger partial charge >= 0.3 is 18.1 Å². The number of carbonyl (C=O) groups is 2. The van der Waals surface area contributed by atoms with Gasteiger partial charge in [0.25, 0.3) is 0 Å². The highest BCUT2D eigenvalue weighted by atomic mass is 79.9. The van der Waals surface area contributed by atoms with Gasteiger partial charge < -0.3 is 24.8 Å². The Bertz CT molecular complexity index is 1210. The maximum Gasteiger partial charge on any atom is 0.416 e. The van der Waals surface area contributed by atoms with Crippen LogP contribution in [-0.4, -0.2) is 38.9 Å². The van der Waals surface area contributed by atoms with Crippen LogP contribution in [0.5, 0.6) is 0 Å². The monoisotopic (exact) mass is 610 g/mol. The van der Waals surface area contributed by atoms with Gasteiger partial charge in [-0.25, -0.2) is 9.59 Å². The first-order chi connectivity index (χ1) is 18.5. The Balaban J connectivity index is 2.27. The van der Waals surface area contributed by atoms with Gasteiger partial charge in [-0.15, -0.1) is 0 Å². The minimum atomic E-state index is -4.62. The average molecular weight is 611 g/mol. The number of methoxy groups -OCH3 is 1. The van der Waals surface area contributed by atoms with Crippen molar-refractivity contribution >= 4 is 33.6 Å². The molecule has 0 radical (unpaired) electrons.